The maximum atomic E-state index is 13.1. The van der Waals surface area contributed by atoms with Gasteiger partial charge in [-0.25, -0.2) is 4.79 Å². The largest absolute Gasteiger partial charge is 0.339 e. The highest BCUT2D eigenvalue weighted by molar-refractivity contribution is 5.99. The average Bonchev–Trinajstić information content (AvgIpc) is 3.37. The number of likely N-dealkylation sites (tertiary alicyclic amines) is 1. The molecule has 3 amide bonds. The van der Waals surface area contributed by atoms with E-state index in [0.717, 1.165) is 29.9 Å². The molecule has 4 rings (SSSR count). The SMILES string of the molecule is Cc1ccc(C(=O)N2CCC(c3nc(C(C)C)no3)CC2)cc1N1CCNC1=O. The summed E-state index contributed by atoms with van der Waals surface area (Å²) in [7, 11) is 0. The smallest absolute Gasteiger partial charge is 0.322 e. The Labute approximate surface area is 170 Å². The summed E-state index contributed by atoms with van der Waals surface area (Å²) in [5, 5.41) is 6.86. The van der Waals surface area contributed by atoms with Crippen LogP contribution in [0.5, 0.6) is 0 Å². The van der Waals surface area contributed by atoms with Crippen LogP contribution in [0.25, 0.3) is 0 Å². The Morgan fingerprint density at radius 3 is 2.62 bits per heavy atom. The number of nitrogens with zero attached hydrogens (tertiary/aromatic N) is 4. The van der Waals surface area contributed by atoms with Gasteiger partial charge in [0.25, 0.3) is 5.91 Å². The second kappa shape index (κ2) is 7.85. The Hall–Kier alpha value is -2.90. The van der Waals surface area contributed by atoms with E-state index < -0.39 is 0 Å². The molecule has 154 valence electrons. The van der Waals surface area contributed by atoms with E-state index >= 15 is 0 Å². The van der Waals surface area contributed by atoms with Gasteiger partial charge in [-0.2, -0.15) is 4.98 Å². The molecule has 8 heteroatoms. The minimum atomic E-state index is -0.112. The molecular weight excluding hydrogens is 370 g/mol. The Bertz CT molecular complexity index is 915. The molecule has 2 aliphatic rings. The van der Waals surface area contributed by atoms with Crippen LogP contribution in [-0.4, -0.2) is 53.2 Å². The normalized spacial score (nSPS) is 17.9. The minimum Gasteiger partial charge on any atom is -0.339 e. The van der Waals surface area contributed by atoms with Crippen LogP contribution in [0.15, 0.2) is 22.7 Å². The third-order valence-corrected chi connectivity index (χ3v) is 5.71. The molecule has 29 heavy (non-hydrogen) atoms. The maximum absolute atomic E-state index is 13.1. The first-order valence-electron chi connectivity index (χ1n) is 10.2. The van der Waals surface area contributed by atoms with E-state index in [1.54, 1.807) is 4.90 Å². The van der Waals surface area contributed by atoms with Gasteiger partial charge in [-0.15, -0.1) is 0 Å². The molecule has 8 nitrogen and oxygen atoms in total. The van der Waals surface area contributed by atoms with Gasteiger partial charge < -0.3 is 14.7 Å². The summed E-state index contributed by atoms with van der Waals surface area (Å²) >= 11 is 0. The third-order valence-electron chi connectivity index (χ3n) is 5.71. The van der Waals surface area contributed by atoms with Crippen LogP contribution in [0.1, 0.15) is 66.2 Å². The molecule has 0 aliphatic carbocycles. The standard InChI is InChI=1S/C21H27N5O3/c1-13(2)18-23-19(29-24-18)15-6-9-25(10-7-15)20(27)16-5-4-14(3)17(12-16)26-11-8-22-21(26)28/h4-5,12-13,15H,6-11H2,1-3H3,(H,22,28). The Morgan fingerprint density at radius 2 is 2.00 bits per heavy atom. The number of carbonyl (C=O) groups excluding carboxylic acids is 2. The van der Waals surface area contributed by atoms with Crippen molar-refractivity contribution in [3.63, 3.8) is 0 Å². The molecule has 2 saturated heterocycles. The van der Waals surface area contributed by atoms with Crippen LogP contribution in [0.2, 0.25) is 0 Å². The molecule has 0 atom stereocenters. The lowest BCUT2D eigenvalue weighted by atomic mass is 9.96. The number of carbonyl (C=O) groups is 2. The van der Waals surface area contributed by atoms with Crippen molar-refractivity contribution in [2.24, 2.45) is 0 Å². The molecule has 2 aromatic rings. The summed E-state index contributed by atoms with van der Waals surface area (Å²) in [5.41, 5.74) is 2.39. The second-order valence-corrected chi connectivity index (χ2v) is 8.10. The Morgan fingerprint density at radius 1 is 1.24 bits per heavy atom. The summed E-state index contributed by atoms with van der Waals surface area (Å²) in [5.74, 6) is 1.84. The summed E-state index contributed by atoms with van der Waals surface area (Å²) in [6.07, 6.45) is 1.61. The predicted octanol–water partition coefficient (Wildman–Crippen LogP) is 3.05. The van der Waals surface area contributed by atoms with Crippen LogP contribution in [0, 0.1) is 6.92 Å². The molecule has 1 N–H and O–H groups in total. The number of aryl methyl sites for hydroxylation is 1. The van der Waals surface area contributed by atoms with Crippen molar-refractivity contribution in [2.45, 2.75) is 45.4 Å². The van der Waals surface area contributed by atoms with E-state index in [2.05, 4.69) is 15.5 Å². The highest BCUT2D eigenvalue weighted by Gasteiger charge is 2.29. The molecule has 0 radical (unpaired) electrons. The summed E-state index contributed by atoms with van der Waals surface area (Å²) < 4.78 is 5.43. The number of anilines is 1. The fraction of sp³-hybridized carbons (Fsp3) is 0.524. The number of rotatable bonds is 4. The molecule has 2 fully saturated rings. The van der Waals surface area contributed by atoms with Gasteiger partial charge in [-0.1, -0.05) is 25.1 Å². The molecule has 0 bridgehead atoms. The number of hydrogen-bond acceptors (Lipinski definition) is 5. The second-order valence-electron chi connectivity index (χ2n) is 8.10. The summed E-state index contributed by atoms with van der Waals surface area (Å²) in [6.45, 7) is 8.57. The van der Waals surface area contributed by atoms with Crippen LogP contribution in [0.3, 0.4) is 0 Å². The van der Waals surface area contributed by atoms with Crippen molar-refractivity contribution in [1.82, 2.24) is 20.4 Å². The van der Waals surface area contributed by atoms with Crippen molar-refractivity contribution in [2.75, 3.05) is 31.1 Å². The first kappa shape index (κ1) is 19.4. The molecular formula is C21H27N5O3. The Kier molecular flexibility index (Phi) is 5.25. The van der Waals surface area contributed by atoms with E-state index in [1.807, 2.05) is 43.9 Å². The number of piperidine rings is 1. The topological polar surface area (TPSA) is 91.6 Å². The molecule has 0 spiro atoms. The fourth-order valence-electron chi connectivity index (χ4n) is 3.89. The monoisotopic (exact) mass is 397 g/mol. The fourth-order valence-corrected chi connectivity index (χ4v) is 3.89. The quantitative estimate of drug-likeness (QED) is 0.856. The van der Waals surface area contributed by atoms with E-state index in [4.69, 9.17) is 4.52 Å². The van der Waals surface area contributed by atoms with Crippen LogP contribution < -0.4 is 10.2 Å². The van der Waals surface area contributed by atoms with Gasteiger partial charge in [-0.05, 0) is 37.5 Å². The molecule has 1 aromatic carbocycles. The predicted molar refractivity (Wildman–Crippen MR) is 108 cm³/mol. The van der Waals surface area contributed by atoms with Crippen LogP contribution >= 0.6 is 0 Å². The average molecular weight is 397 g/mol. The summed E-state index contributed by atoms with van der Waals surface area (Å²) in [6, 6.07) is 5.47. The third kappa shape index (κ3) is 3.83. The molecule has 1 aromatic heterocycles. The zero-order valence-electron chi connectivity index (χ0n) is 17.1. The van der Waals surface area contributed by atoms with Gasteiger partial charge in [0.2, 0.25) is 5.89 Å². The number of urea groups is 1. The first-order chi connectivity index (χ1) is 13.9. The number of amides is 3. The number of nitrogens with one attached hydrogen (secondary N) is 1. The molecule has 0 saturated carbocycles. The molecule has 2 aliphatic heterocycles. The zero-order valence-corrected chi connectivity index (χ0v) is 17.1. The lowest BCUT2D eigenvalue weighted by Crippen LogP contribution is -2.38. The van der Waals surface area contributed by atoms with Crippen LogP contribution in [-0.2, 0) is 0 Å². The van der Waals surface area contributed by atoms with Crippen molar-refractivity contribution < 1.29 is 14.1 Å². The first-order valence-corrected chi connectivity index (χ1v) is 10.2. The summed E-state index contributed by atoms with van der Waals surface area (Å²) in [4.78, 5) is 33.1. The van der Waals surface area contributed by atoms with E-state index in [-0.39, 0.29) is 23.8 Å². The zero-order chi connectivity index (χ0) is 20.5. The number of benzene rings is 1. The van der Waals surface area contributed by atoms with Gasteiger partial charge in [0.1, 0.15) is 0 Å². The number of aromatic nitrogens is 2. The van der Waals surface area contributed by atoms with Crippen molar-refractivity contribution >= 4 is 17.6 Å². The van der Waals surface area contributed by atoms with E-state index in [9.17, 15) is 9.59 Å². The Balaban J connectivity index is 1.43. The highest BCUT2D eigenvalue weighted by Crippen LogP contribution is 2.29. The lowest BCUT2D eigenvalue weighted by Gasteiger charge is -2.30. The van der Waals surface area contributed by atoms with Gasteiger partial charge in [0, 0.05) is 49.3 Å². The maximum Gasteiger partial charge on any atom is 0.322 e. The highest BCUT2D eigenvalue weighted by atomic mass is 16.5. The van der Waals surface area contributed by atoms with Gasteiger partial charge in [0.05, 0.1) is 0 Å². The van der Waals surface area contributed by atoms with Gasteiger partial charge in [0.15, 0.2) is 5.82 Å². The number of hydrogen-bond donors (Lipinski definition) is 1. The van der Waals surface area contributed by atoms with Crippen molar-refractivity contribution in [3.05, 3.63) is 41.0 Å². The lowest BCUT2D eigenvalue weighted by molar-refractivity contribution is 0.0704. The molecule has 3 heterocycles. The van der Waals surface area contributed by atoms with Gasteiger partial charge >= 0.3 is 6.03 Å². The van der Waals surface area contributed by atoms with Crippen molar-refractivity contribution in [3.8, 4) is 0 Å². The van der Waals surface area contributed by atoms with Gasteiger partial charge in [-0.3, -0.25) is 9.69 Å². The van der Waals surface area contributed by atoms with Crippen LogP contribution in [0.4, 0.5) is 10.5 Å². The van der Waals surface area contributed by atoms with E-state index in [1.165, 1.54) is 0 Å². The minimum absolute atomic E-state index is 0.00213. The van der Waals surface area contributed by atoms with E-state index in [0.29, 0.717) is 37.6 Å². The molecule has 0 unspecified atom stereocenters. The van der Waals surface area contributed by atoms with Crippen molar-refractivity contribution in [1.29, 1.82) is 0 Å².